The summed E-state index contributed by atoms with van der Waals surface area (Å²) in [6.45, 7) is 6.37. The van der Waals surface area contributed by atoms with Crippen molar-refractivity contribution >= 4 is 0 Å². The van der Waals surface area contributed by atoms with Gasteiger partial charge in [0.25, 0.3) is 0 Å². The lowest BCUT2D eigenvalue weighted by atomic mass is 9.80. The average Bonchev–Trinajstić information content (AvgIpc) is 2.36. The monoisotopic (exact) mass is 265 g/mol. The van der Waals surface area contributed by atoms with Crippen molar-refractivity contribution in [3.8, 4) is 5.75 Å². The van der Waals surface area contributed by atoms with Gasteiger partial charge in [-0.25, -0.2) is 4.39 Å². The zero-order chi connectivity index (χ0) is 14.0. The number of ether oxygens (including phenoxy) is 1. The van der Waals surface area contributed by atoms with E-state index in [1.54, 1.807) is 6.07 Å². The highest BCUT2D eigenvalue weighted by Crippen LogP contribution is 2.32. The van der Waals surface area contributed by atoms with E-state index in [1.165, 1.54) is 6.07 Å². The lowest BCUT2D eigenvalue weighted by Gasteiger charge is -2.32. The van der Waals surface area contributed by atoms with Crippen molar-refractivity contribution in [3.63, 3.8) is 0 Å². The molecule has 0 aliphatic heterocycles. The van der Waals surface area contributed by atoms with Crippen LogP contribution in [0.5, 0.6) is 5.75 Å². The fourth-order valence-corrected chi connectivity index (χ4v) is 2.68. The third-order valence-electron chi connectivity index (χ3n) is 4.33. The molecule has 0 aromatic heterocycles. The Bertz CT molecular complexity index is 433. The van der Waals surface area contributed by atoms with Crippen molar-refractivity contribution in [2.75, 3.05) is 0 Å². The molecule has 3 heteroatoms. The smallest absolute Gasteiger partial charge is 0.165 e. The Morgan fingerprint density at radius 3 is 2.58 bits per heavy atom. The number of benzene rings is 1. The summed E-state index contributed by atoms with van der Waals surface area (Å²) < 4.78 is 19.8. The molecule has 1 aliphatic carbocycles. The Kier molecular flexibility index (Phi) is 4.46. The Labute approximate surface area is 115 Å². The summed E-state index contributed by atoms with van der Waals surface area (Å²) in [4.78, 5) is 0. The van der Waals surface area contributed by atoms with Gasteiger partial charge in [0, 0.05) is 6.04 Å². The lowest BCUT2D eigenvalue weighted by Crippen LogP contribution is -2.29. The van der Waals surface area contributed by atoms with Gasteiger partial charge in [-0.2, -0.15) is 0 Å². The Balaban J connectivity index is 2.03. The molecular formula is C16H24FNO. The third-order valence-corrected chi connectivity index (χ3v) is 4.33. The zero-order valence-electron chi connectivity index (χ0n) is 12.0. The highest BCUT2D eigenvalue weighted by Gasteiger charge is 2.26. The van der Waals surface area contributed by atoms with Gasteiger partial charge in [-0.1, -0.05) is 19.9 Å². The molecule has 2 rings (SSSR count). The van der Waals surface area contributed by atoms with Crippen LogP contribution in [0, 0.1) is 17.7 Å². The quantitative estimate of drug-likeness (QED) is 0.895. The second-order valence-corrected chi connectivity index (χ2v) is 5.99. The molecule has 1 fully saturated rings. The molecule has 0 radical (unpaired) electrons. The number of hydrogen-bond acceptors (Lipinski definition) is 2. The average molecular weight is 265 g/mol. The summed E-state index contributed by atoms with van der Waals surface area (Å²) in [6.07, 6.45) is 3.32. The van der Waals surface area contributed by atoms with Crippen molar-refractivity contribution in [2.24, 2.45) is 17.6 Å². The Hall–Kier alpha value is -1.09. The van der Waals surface area contributed by atoms with Gasteiger partial charge in [-0.05, 0) is 55.7 Å². The SMILES string of the molecule is CC1CCC(Oc2ccc([C@@H](C)N)cc2F)CC1C. The second kappa shape index (κ2) is 5.91. The molecule has 106 valence electrons. The van der Waals surface area contributed by atoms with Gasteiger partial charge in [0.05, 0.1) is 6.10 Å². The van der Waals surface area contributed by atoms with Crippen molar-refractivity contribution in [1.82, 2.24) is 0 Å². The van der Waals surface area contributed by atoms with Crippen LogP contribution >= 0.6 is 0 Å². The highest BCUT2D eigenvalue weighted by molar-refractivity contribution is 5.31. The minimum atomic E-state index is -0.305. The summed E-state index contributed by atoms with van der Waals surface area (Å²) >= 11 is 0. The zero-order valence-corrected chi connectivity index (χ0v) is 12.0. The summed E-state index contributed by atoms with van der Waals surface area (Å²) in [5, 5.41) is 0. The molecule has 1 aromatic carbocycles. The van der Waals surface area contributed by atoms with Crippen LogP contribution in [0.15, 0.2) is 18.2 Å². The van der Waals surface area contributed by atoms with Crippen LogP contribution in [0.1, 0.15) is 51.6 Å². The van der Waals surface area contributed by atoms with E-state index >= 15 is 0 Å². The predicted molar refractivity (Wildman–Crippen MR) is 75.6 cm³/mol. The summed E-state index contributed by atoms with van der Waals surface area (Å²) in [6, 6.07) is 4.88. The normalized spacial score (nSPS) is 29.0. The van der Waals surface area contributed by atoms with E-state index in [0.29, 0.717) is 11.7 Å². The maximum atomic E-state index is 14.0. The lowest BCUT2D eigenvalue weighted by molar-refractivity contribution is 0.0968. The third kappa shape index (κ3) is 3.47. The number of hydrogen-bond donors (Lipinski definition) is 1. The molecule has 0 saturated heterocycles. The van der Waals surface area contributed by atoms with Crippen molar-refractivity contribution in [3.05, 3.63) is 29.6 Å². The molecule has 0 amide bonds. The van der Waals surface area contributed by atoms with Gasteiger partial charge >= 0.3 is 0 Å². The minimum Gasteiger partial charge on any atom is -0.487 e. The molecule has 4 atom stereocenters. The van der Waals surface area contributed by atoms with Crippen LogP contribution < -0.4 is 10.5 Å². The van der Waals surface area contributed by atoms with E-state index in [9.17, 15) is 4.39 Å². The molecule has 1 aromatic rings. The van der Waals surface area contributed by atoms with Crippen LogP contribution in [0.3, 0.4) is 0 Å². The molecule has 2 N–H and O–H groups in total. The first-order valence-electron chi connectivity index (χ1n) is 7.19. The van der Waals surface area contributed by atoms with Crippen molar-refractivity contribution < 1.29 is 9.13 Å². The van der Waals surface area contributed by atoms with Crippen molar-refractivity contribution in [2.45, 2.75) is 52.2 Å². The van der Waals surface area contributed by atoms with Crippen LogP contribution in [-0.4, -0.2) is 6.10 Å². The number of nitrogens with two attached hydrogens (primary N) is 1. The second-order valence-electron chi connectivity index (χ2n) is 5.99. The van der Waals surface area contributed by atoms with Crippen LogP contribution in [0.2, 0.25) is 0 Å². The molecule has 2 nitrogen and oxygen atoms in total. The van der Waals surface area contributed by atoms with Gasteiger partial charge in [0.2, 0.25) is 0 Å². The largest absolute Gasteiger partial charge is 0.487 e. The molecule has 0 heterocycles. The maximum absolute atomic E-state index is 14.0. The van der Waals surface area contributed by atoms with Gasteiger partial charge < -0.3 is 10.5 Å². The van der Waals surface area contributed by atoms with Gasteiger partial charge in [0.1, 0.15) is 0 Å². The van der Waals surface area contributed by atoms with E-state index < -0.39 is 0 Å². The fourth-order valence-electron chi connectivity index (χ4n) is 2.68. The first-order chi connectivity index (χ1) is 8.97. The van der Waals surface area contributed by atoms with E-state index in [4.69, 9.17) is 10.5 Å². The Morgan fingerprint density at radius 2 is 2.00 bits per heavy atom. The first-order valence-corrected chi connectivity index (χ1v) is 7.19. The van der Waals surface area contributed by atoms with Crippen LogP contribution in [0.25, 0.3) is 0 Å². The molecule has 0 bridgehead atoms. The van der Waals surface area contributed by atoms with Crippen molar-refractivity contribution in [1.29, 1.82) is 0 Å². The van der Waals surface area contributed by atoms with Gasteiger partial charge in [-0.15, -0.1) is 0 Å². The number of halogens is 1. The first kappa shape index (κ1) is 14.3. The molecule has 19 heavy (non-hydrogen) atoms. The van der Waals surface area contributed by atoms with E-state index in [1.807, 2.05) is 13.0 Å². The molecule has 1 aliphatic rings. The number of rotatable bonds is 3. The molecule has 0 spiro atoms. The van der Waals surface area contributed by atoms with Gasteiger partial charge in [0.15, 0.2) is 11.6 Å². The summed E-state index contributed by atoms with van der Waals surface area (Å²) in [7, 11) is 0. The van der Waals surface area contributed by atoms with Crippen LogP contribution in [-0.2, 0) is 0 Å². The van der Waals surface area contributed by atoms with E-state index in [0.717, 1.165) is 30.7 Å². The standard InChI is InChI=1S/C16H24FNO/c1-10-4-6-14(8-11(10)2)19-16-7-5-13(12(3)18)9-15(16)17/h5,7,9-12,14H,4,6,8,18H2,1-3H3/t10?,11?,12-,14?/m1/s1. The molecule has 3 unspecified atom stereocenters. The topological polar surface area (TPSA) is 35.2 Å². The Morgan fingerprint density at radius 1 is 1.26 bits per heavy atom. The van der Waals surface area contributed by atoms with E-state index in [2.05, 4.69) is 13.8 Å². The van der Waals surface area contributed by atoms with Gasteiger partial charge in [-0.3, -0.25) is 0 Å². The summed E-state index contributed by atoms with van der Waals surface area (Å²) in [5.41, 5.74) is 6.54. The molecular weight excluding hydrogens is 241 g/mol. The fraction of sp³-hybridized carbons (Fsp3) is 0.625. The van der Waals surface area contributed by atoms with E-state index in [-0.39, 0.29) is 18.0 Å². The summed E-state index contributed by atoms with van der Waals surface area (Å²) in [5.74, 6) is 1.44. The maximum Gasteiger partial charge on any atom is 0.165 e. The highest BCUT2D eigenvalue weighted by atomic mass is 19.1. The van der Waals surface area contributed by atoms with Crippen LogP contribution in [0.4, 0.5) is 4.39 Å². The minimum absolute atomic E-state index is 0.141. The molecule has 1 saturated carbocycles. The predicted octanol–water partition coefficient (Wildman–Crippen LogP) is 4.05.